The third-order valence-electron chi connectivity index (χ3n) is 0.734. The van der Waals surface area contributed by atoms with Crippen molar-refractivity contribution >= 4 is 17.9 Å². The van der Waals surface area contributed by atoms with Crippen LogP contribution in [0.5, 0.6) is 0 Å². The second-order valence-corrected chi connectivity index (χ2v) is 1.87. The molecule has 0 saturated heterocycles. The number of hydrogen-bond donors (Lipinski definition) is 0. The second-order valence-electron chi connectivity index (χ2n) is 1.87. The molecule has 0 N–H and O–H groups in total. The quantitative estimate of drug-likeness (QED) is 0.353. The van der Waals surface area contributed by atoms with Crippen molar-refractivity contribution in [3.8, 4) is 0 Å². The molecule has 0 heterocycles. The van der Waals surface area contributed by atoms with Gasteiger partial charge in [-0.1, -0.05) is 6.08 Å². The molecule has 9 heteroatoms. The van der Waals surface area contributed by atoms with Gasteiger partial charge in [0.05, 0.1) is 11.9 Å². The molecule has 0 aromatic rings. The van der Waals surface area contributed by atoms with Crippen LogP contribution in [0.15, 0.2) is 24.3 Å². The Hall–Kier alpha value is -0.985. The Bertz CT molecular complexity index is 274. The molecule has 0 aromatic carbocycles. The van der Waals surface area contributed by atoms with Crippen LogP contribution in [0.2, 0.25) is 0 Å². The van der Waals surface area contributed by atoms with Crippen molar-refractivity contribution in [2.75, 3.05) is 0 Å². The number of aliphatic carboxylic acids is 2. The standard InChI is InChI=1S/C4H5FO2.C4H4O4.2Li/c1-2-3-4(6)7-5;5-3(6)1-2-4(7)8;;/h2-3H,1H3;1-2H,(H,5,6)(H,7,8);;/q;;2*+1/p-2/b3-2+;2-1-;;. The van der Waals surface area contributed by atoms with E-state index >= 15 is 0 Å². The number of rotatable bonds is 3. The topological polar surface area (TPSA) is 107 Å². The van der Waals surface area contributed by atoms with Crippen LogP contribution >= 0.6 is 0 Å². The molecule has 84 valence electrons. The number of carboxylic acids is 2. The molecule has 0 saturated carbocycles. The van der Waals surface area contributed by atoms with Crippen molar-refractivity contribution in [3.63, 3.8) is 0 Å². The van der Waals surface area contributed by atoms with Crippen LogP contribution in [0, 0.1) is 0 Å². The van der Waals surface area contributed by atoms with Crippen molar-refractivity contribution in [2.45, 2.75) is 6.92 Å². The van der Waals surface area contributed by atoms with Gasteiger partial charge in [-0.2, -0.15) is 0 Å². The monoisotopic (exact) mass is 232 g/mol. The molecule has 0 aliphatic rings. The van der Waals surface area contributed by atoms with Crippen LogP contribution in [-0.2, 0) is 19.3 Å². The fourth-order valence-electron chi connectivity index (χ4n) is 0.298. The van der Waals surface area contributed by atoms with Crippen molar-refractivity contribution in [3.05, 3.63) is 24.3 Å². The van der Waals surface area contributed by atoms with Gasteiger partial charge >= 0.3 is 43.7 Å². The summed E-state index contributed by atoms with van der Waals surface area (Å²) in [5.41, 5.74) is 0. The van der Waals surface area contributed by atoms with E-state index in [2.05, 4.69) is 4.94 Å². The summed E-state index contributed by atoms with van der Waals surface area (Å²) in [6, 6.07) is 0. The van der Waals surface area contributed by atoms with Gasteiger partial charge in [0.25, 0.3) is 0 Å². The number of carbonyl (C=O) groups excluding carboxylic acids is 3. The van der Waals surface area contributed by atoms with E-state index in [-0.39, 0.29) is 37.7 Å². The predicted molar refractivity (Wildman–Crippen MR) is 41.2 cm³/mol. The van der Waals surface area contributed by atoms with Crippen LogP contribution in [0.25, 0.3) is 0 Å². The molecule has 0 radical (unpaired) electrons. The molecular formula is C8H7FLi2O6. The first kappa shape index (κ1) is 25.0. The molecule has 6 nitrogen and oxygen atoms in total. The van der Waals surface area contributed by atoms with Gasteiger partial charge in [0.2, 0.25) is 0 Å². The number of carbonyl (C=O) groups is 3. The Morgan fingerprint density at radius 3 is 1.47 bits per heavy atom. The third-order valence-corrected chi connectivity index (χ3v) is 0.734. The van der Waals surface area contributed by atoms with E-state index in [1.807, 2.05) is 0 Å². The maximum atomic E-state index is 10.7. The number of halogens is 1. The molecule has 0 unspecified atom stereocenters. The summed E-state index contributed by atoms with van der Waals surface area (Å²) in [6.07, 6.45) is 3.15. The minimum absolute atomic E-state index is 0. The van der Waals surface area contributed by atoms with Crippen molar-refractivity contribution in [1.29, 1.82) is 0 Å². The first-order valence-electron chi connectivity index (χ1n) is 3.49. The smallest absolute Gasteiger partial charge is 0.545 e. The van der Waals surface area contributed by atoms with E-state index in [1.165, 1.54) is 6.08 Å². The van der Waals surface area contributed by atoms with Crippen molar-refractivity contribution < 1.29 is 71.8 Å². The van der Waals surface area contributed by atoms with E-state index in [0.717, 1.165) is 6.08 Å². The average Bonchev–Trinajstić information content (AvgIpc) is 2.16. The fraction of sp³-hybridized carbons (Fsp3) is 0.125. The van der Waals surface area contributed by atoms with E-state index < -0.39 is 17.9 Å². The SMILES string of the molecule is C/C=C/C(=O)OF.O=C([O-])/C=C\C(=O)[O-].[Li+].[Li+]. The van der Waals surface area contributed by atoms with Crippen molar-refractivity contribution in [2.24, 2.45) is 0 Å². The zero-order valence-corrected chi connectivity index (χ0v) is 9.64. The first-order chi connectivity index (χ1) is 6.93. The van der Waals surface area contributed by atoms with Gasteiger partial charge in [-0.25, -0.2) is 4.79 Å². The summed E-state index contributed by atoms with van der Waals surface area (Å²) < 4.78 is 10.7. The summed E-state index contributed by atoms with van der Waals surface area (Å²) in [5.74, 6) is -4.06. The summed E-state index contributed by atoms with van der Waals surface area (Å²) in [4.78, 5) is 31.3. The summed E-state index contributed by atoms with van der Waals surface area (Å²) >= 11 is 0. The van der Waals surface area contributed by atoms with Crippen LogP contribution < -0.4 is 47.9 Å². The normalized spacial score (nSPS) is 8.35. The van der Waals surface area contributed by atoms with Crippen LogP contribution in [0.1, 0.15) is 6.92 Å². The van der Waals surface area contributed by atoms with Gasteiger partial charge in [-0.15, -0.1) is 0 Å². The second kappa shape index (κ2) is 17.4. The molecule has 0 atom stereocenters. The van der Waals surface area contributed by atoms with Gasteiger partial charge < -0.3 is 19.8 Å². The summed E-state index contributed by atoms with van der Waals surface area (Å²) in [5, 5.41) is 18.8. The summed E-state index contributed by atoms with van der Waals surface area (Å²) in [6.45, 7) is 1.59. The number of carboxylic acid groups (broad SMARTS) is 2. The summed E-state index contributed by atoms with van der Waals surface area (Å²) in [7, 11) is 0. The molecule has 17 heavy (non-hydrogen) atoms. The number of allylic oxidation sites excluding steroid dienone is 1. The Balaban J connectivity index is -0.0000000896. The molecule has 0 aliphatic heterocycles. The fourth-order valence-corrected chi connectivity index (χ4v) is 0.298. The molecule has 0 spiro atoms. The molecule has 0 fully saturated rings. The van der Waals surface area contributed by atoms with Gasteiger partial charge in [-0.3, -0.25) is 4.94 Å². The van der Waals surface area contributed by atoms with E-state index in [9.17, 15) is 29.1 Å². The van der Waals surface area contributed by atoms with Gasteiger partial charge in [-0.05, 0) is 19.1 Å². The van der Waals surface area contributed by atoms with Crippen LogP contribution in [0.3, 0.4) is 0 Å². The minimum Gasteiger partial charge on any atom is -0.545 e. The zero-order chi connectivity index (χ0) is 12.3. The van der Waals surface area contributed by atoms with Crippen LogP contribution in [-0.4, -0.2) is 17.9 Å². The van der Waals surface area contributed by atoms with Gasteiger partial charge in [0.15, 0.2) is 0 Å². The van der Waals surface area contributed by atoms with E-state index in [0.29, 0.717) is 12.2 Å². The molecule has 0 aliphatic carbocycles. The molecule has 0 rings (SSSR count). The van der Waals surface area contributed by atoms with Gasteiger partial charge in [0, 0.05) is 10.6 Å². The molecule has 0 aromatic heterocycles. The molecule has 0 bridgehead atoms. The zero-order valence-electron chi connectivity index (χ0n) is 9.64. The van der Waals surface area contributed by atoms with E-state index in [4.69, 9.17) is 0 Å². The maximum Gasteiger partial charge on any atom is 1.00 e. The Morgan fingerprint density at radius 2 is 1.35 bits per heavy atom. The van der Waals surface area contributed by atoms with Crippen LogP contribution in [0.4, 0.5) is 4.53 Å². The Morgan fingerprint density at radius 1 is 1.00 bits per heavy atom. The Labute approximate surface area is 121 Å². The first-order valence-corrected chi connectivity index (χ1v) is 3.49. The minimum atomic E-state index is -1.55. The Kier molecular flexibility index (Phi) is 25.6. The maximum absolute atomic E-state index is 10.7. The third kappa shape index (κ3) is 31.3. The predicted octanol–water partition coefficient (Wildman–Crippen LogP) is -7.96. The average molecular weight is 232 g/mol. The largest absolute Gasteiger partial charge is 1.00 e. The van der Waals surface area contributed by atoms with Gasteiger partial charge in [0.1, 0.15) is 0 Å². The van der Waals surface area contributed by atoms with Crippen molar-refractivity contribution in [1.82, 2.24) is 0 Å². The van der Waals surface area contributed by atoms with E-state index in [1.54, 1.807) is 6.92 Å². The molecule has 0 amide bonds. The molecular weight excluding hydrogens is 225 g/mol. The number of hydrogen-bond acceptors (Lipinski definition) is 6.